The molecule has 0 radical (unpaired) electrons. The molecule has 0 saturated heterocycles. The quantitative estimate of drug-likeness (QED) is 0.476. The molecular weight excluding hydrogens is 395 g/mol. The van der Waals surface area contributed by atoms with Crippen molar-refractivity contribution in [3.8, 4) is 11.3 Å². The molecule has 0 unspecified atom stereocenters. The van der Waals surface area contributed by atoms with Crippen LogP contribution in [0.3, 0.4) is 0 Å². The van der Waals surface area contributed by atoms with E-state index in [1.807, 2.05) is 45.0 Å². The predicted molar refractivity (Wildman–Crippen MR) is 116 cm³/mol. The molecule has 0 bridgehead atoms. The first-order valence-electron chi connectivity index (χ1n) is 10.1. The molecular formula is C23H23FN6O. The van der Waals surface area contributed by atoms with E-state index in [2.05, 4.69) is 25.8 Å². The molecule has 158 valence electrons. The van der Waals surface area contributed by atoms with Crippen LogP contribution in [0, 0.1) is 19.7 Å². The second kappa shape index (κ2) is 8.51. The number of nitrogens with one attached hydrogen (secondary N) is 2. The normalized spacial score (nSPS) is 12.0. The minimum atomic E-state index is -0.363. The van der Waals surface area contributed by atoms with Gasteiger partial charge in [-0.3, -0.25) is 9.89 Å². The maximum Gasteiger partial charge on any atom is 0.277 e. The Kier molecular flexibility index (Phi) is 5.62. The summed E-state index contributed by atoms with van der Waals surface area (Å²) in [6.45, 7) is 5.91. The van der Waals surface area contributed by atoms with Crippen LogP contribution in [-0.2, 0) is 0 Å². The number of hydrogen-bond acceptors (Lipinski definition) is 4. The van der Waals surface area contributed by atoms with Gasteiger partial charge in [-0.05, 0) is 56.2 Å². The average molecular weight is 418 g/mol. The maximum absolute atomic E-state index is 13.3. The van der Waals surface area contributed by atoms with E-state index in [0.29, 0.717) is 5.69 Å². The summed E-state index contributed by atoms with van der Waals surface area (Å²) in [5.74, 6) is -0.657. The molecule has 31 heavy (non-hydrogen) atoms. The Bertz CT molecular complexity index is 1210. The van der Waals surface area contributed by atoms with Crippen LogP contribution in [0.1, 0.15) is 46.7 Å². The minimum absolute atomic E-state index is 0.142. The van der Waals surface area contributed by atoms with Crippen LogP contribution in [0.5, 0.6) is 0 Å². The number of halogens is 1. The lowest BCUT2D eigenvalue weighted by Crippen LogP contribution is -2.14. The van der Waals surface area contributed by atoms with Gasteiger partial charge in [-0.15, -0.1) is 5.10 Å². The largest absolute Gasteiger partial charge is 0.320 e. The van der Waals surface area contributed by atoms with Crippen molar-refractivity contribution in [3.05, 3.63) is 83.1 Å². The van der Waals surface area contributed by atoms with Crippen LogP contribution in [-0.4, -0.2) is 31.1 Å². The predicted octanol–water partition coefficient (Wildman–Crippen LogP) is 4.68. The Morgan fingerprint density at radius 1 is 1.16 bits per heavy atom. The fourth-order valence-electron chi connectivity index (χ4n) is 3.51. The van der Waals surface area contributed by atoms with E-state index in [1.165, 1.54) is 12.1 Å². The molecule has 2 N–H and O–H groups in total. The molecule has 4 aromatic rings. The number of carbonyl (C=O) groups excluding carboxylic acids is 1. The maximum atomic E-state index is 13.3. The van der Waals surface area contributed by atoms with Gasteiger partial charge in [0.25, 0.3) is 5.91 Å². The van der Waals surface area contributed by atoms with E-state index < -0.39 is 0 Å². The van der Waals surface area contributed by atoms with Crippen molar-refractivity contribution < 1.29 is 9.18 Å². The lowest BCUT2D eigenvalue weighted by atomic mass is 10.0. The summed E-state index contributed by atoms with van der Waals surface area (Å²) in [7, 11) is 0. The number of benzene rings is 2. The molecule has 0 spiro atoms. The lowest BCUT2D eigenvalue weighted by molar-refractivity contribution is 0.102. The zero-order valence-electron chi connectivity index (χ0n) is 17.6. The van der Waals surface area contributed by atoms with Gasteiger partial charge in [0.2, 0.25) is 0 Å². The molecule has 0 saturated carbocycles. The first-order chi connectivity index (χ1) is 14.9. The van der Waals surface area contributed by atoms with Gasteiger partial charge in [0, 0.05) is 11.3 Å². The number of hydrogen-bond donors (Lipinski definition) is 2. The number of aryl methyl sites for hydroxylation is 2. The average Bonchev–Trinajstić information content (AvgIpc) is 3.41. The number of aromatic amines is 1. The van der Waals surface area contributed by atoms with E-state index in [-0.39, 0.29) is 23.5 Å². The highest BCUT2D eigenvalue weighted by molar-refractivity contribution is 6.04. The Balaban J connectivity index is 1.58. The summed E-state index contributed by atoms with van der Waals surface area (Å²) in [6.07, 6.45) is 2.33. The lowest BCUT2D eigenvalue weighted by Gasteiger charge is -2.15. The smallest absolute Gasteiger partial charge is 0.277 e. The summed E-state index contributed by atoms with van der Waals surface area (Å²) in [5.41, 5.74) is 5.31. The summed E-state index contributed by atoms with van der Waals surface area (Å²) >= 11 is 0. The van der Waals surface area contributed by atoms with Gasteiger partial charge in [-0.2, -0.15) is 5.10 Å². The van der Waals surface area contributed by atoms with Crippen molar-refractivity contribution in [1.29, 1.82) is 0 Å². The molecule has 8 heteroatoms. The summed E-state index contributed by atoms with van der Waals surface area (Å²) < 4.78 is 14.9. The van der Waals surface area contributed by atoms with E-state index in [0.717, 1.165) is 34.5 Å². The van der Waals surface area contributed by atoms with Crippen LogP contribution in [0.25, 0.3) is 11.3 Å². The molecule has 2 aromatic carbocycles. The Morgan fingerprint density at radius 2 is 1.94 bits per heavy atom. The first-order valence-corrected chi connectivity index (χ1v) is 10.1. The molecule has 1 atom stereocenters. The second-order valence-corrected chi connectivity index (χ2v) is 7.50. The summed E-state index contributed by atoms with van der Waals surface area (Å²) in [6, 6.07) is 13.8. The molecule has 2 heterocycles. The van der Waals surface area contributed by atoms with Gasteiger partial charge in [0.1, 0.15) is 5.82 Å². The SMILES string of the molecule is CC[C@@H](c1ccc(F)cc1)n1cc(C(=O)Nc2ccc(C)cc2-c2cc(C)[nH]n2)nn1. The third-order valence-electron chi connectivity index (χ3n) is 5.11. The number of rotatable bonds is 6. The third-order valence-corrected chi connectivity index (χ3v) is 5.11. The highest BCUT2D eigenvalue weighted by atomic mass is 19.1. The number of H-pyrrole nitrogens is 1. The van der Waals surface area contributed by atoms with Crippen LogP contribution in [0.4, 0.5) is 10.1 Å². The number of aromatic nitrogens is 5. The van der Waals surface area contributed by atoms with E-state index >= 15 is 0 Å². The van der Waals surface area contributed by atoms with Crippen molar-refractivity contribution >= 4 is 11.6 Å². The molecule has 0 fully saturated rings. The van der Waals surface area contributed by atoms with Crippen LogP contribution >= 0.6 is 0 Å². The Hall–Kier alpha value is -3.81. The third kappa shape index (κ3) is 4.37. The fourth-order valence-corrected chi connectivity index (χ4v) is 3.51. The summed E-state index contributed by atoms with van der Waals surface area (Å²) in [5, 5.41) is 18.4. The molecule has 7 nitrogen and oxygen atoms in total. The fraction of sp³-hybridized carbons (Fsp3) is 0.217. The second-order valence-electron chi connectivity index (χ2n) is 7.50. The van der Waals surface area contributed by atoms with Gasteiger partial charge in [-0.1, -0.05) is 35.9 Å². The highest BCUT2D eigenvalue weighted by Crippen LogP contribution is 2.29. The van der Waals surface area contributed by atoms with Gasteiger partial charge in [-0.25, -0.2) is 9.07 Å². The molecule has 0 aliphatic carbocycles. The van der Waals surface area contributed by atoms with E-state index in [9.17, 15) is 9.18 Å². The number of carbonyl (C=O) groups is 1. The number of anilines is 1. The van der Waals surface area contributed by atoms with Gasteiger partial charge in [0.15, 0.2) is 5.69 Å². The topological polar surface area (TPSA) is 88.5 Å². The Morgan fingerprint density at radius 3 is 2.61 bits per heavy atom. The van der Waals surface area contributed by atoms with Crippen molar-refractivity contribution in [1.82, 2.24) is 25.2 Å². The standard InChI is InChI=1S/C23H23FN6O/c1-4-22(16-6-8-17(24)9-7-16)30-13-21(28-29-30)23(31)25-19-10-5-14(2)11-18(19)20-12-15(3)26-27-20/h5-13,22H,4H2,1-3H3,(H,25,31)(H,26,27)/t22-/m0/s1. The van der Waals surface area contributed by atoms with Crippen molar-refractivity contribution in [2.45, 2.75) is 33.2 Å². The van der Waals surface area contributed by atoms with Crippen LogP contribution < -0.4 is 5.32 Å². The summed E-state index contributed by atoms with van der Waals surface area (Å²) in [4.78, 5) is 12.9. The molecule has 0 aliphatic rings. The minimum Gasteiger partial charge on any atom is -0.320 e. The van der Waals surface area contributed by atoms with E-state index in [1.54, 1.807) is 23.0 Å². The van der Waals surface area contributed by atoms with Crippen molar-refractivity contribution in [2.24, 2.45) is 0 Å². The van der Waals surface area contributed by atoms with Gasteiger partial charge in [0.05, 0.1) is 23.6 Å². The highest BCUT2D eigenvalue weighted by Gasteiger charge is 2.19. The molecule has 1 amide bonds. The monoisotopic (exact) mass is 418 g/mol. The van der Waals surface area contributed by atoms with Gasteiger partial charge >= 0.3 is 0 Å². The van der Waals surface area contributed by atoms with Crippen LogP contribution in [0.2, 0.25) is 0 Å². The zero-order chi connectivity index (χ0) is 22.0. The van der Waals surface area contributed by atoms with Crippen molar-refractivity contribution in [2.75, 3.05) is 5.32 Å². The molecule has 2 aromatic heterocycles. The molecule has 4 rings (SSSR count). The van der Waals surface area contributed by atoms with E-state index in [4.69, 9.17) is 0 Å². The van der Waals surface area contributed by atoms with Crippen LogP contribution in [0.15, 0.2) is 54.7 Å². The zero-order valence-corrected chi connectivity index (χ0v) is 17.6. The van der Waals surface area contributed by atoms with Gasteiger partial charge < -0.3 is 5.32 Å². The first kappa shape index (κ1) is 20.5. The Labute approximate surface area is 179 Å². The molecule has 0 aliphatic heterocycles. The number of nitrogens with zero attached hydrogens (tertiary/aromatic N) is 4. The number of amides is 1. The van der Waals surface area contributed by atoms with Crippen molar-refractivity contribution in [3.63, 3.8) is 0 Å².